The minimum Gasteiger partial charge on any atom is -0.493 e. The van der Waals surface area contributed by atoms with Crippen LogP contribution >= 0.6 is 0 Å². The Labute approximate surface area is 184 Å². The summed E-state index contributed by atoms with van der Waals surface area (Å²) in [5.74, 6) is 0.925. The number of hydrogen-bond acceptors (Lipinski definition) is 4. The summed E-state index contributed by atoms with van der Waals surface area (Å²) >= 11 is 0. The fourth-order valence-corrected chi connectivity index (χ4v) is 3.34. The van der Waals surface area contributed by atoms with Crippen LogP contribution in [0.1, 0.15) is 34.6 Å². The molecule has 0 aliphatic rings. The molecule has 0 saturated heterocycles. The van der Waals surface area contributed by atoms with Gasteiger partial charge in [-0.25, -0.2) is 4.79 Å². The van der Waals surface area contributed by atoms with Crippen LogP contribution in [0.25, 0.3) is 22.2 Å². The first kappa shape index (κ1) is 22.6. The van der Waals surface area contributed by atoms with E-state index in [-0.39, 0.29) is 18.0 Å². The molecule has 0 aliphatic carbocycles. The normalized spacial score (nSPS) is 11.7. The molecule has 164 valence electrons. The SMILES string of the molecule is C=C(C)C(=O)OCC(C)(C)COc1ccc2cc(-c3cccnc3)n(CC(C)C)c2c1. The minimum absolute atomic E-state index is 0.274. The second-order valence-electron chi connectivity index (χ2n) is 9.31. The zero-order chi connectivity index (χ0) is 22.6. The van der Waals surface area contributed by atoms with Gasteiger partial charge in [-0.2, -0.15) is 0 Å². The van der Waals surface area contributed by atoms with E-state index in [2.05, 4.69) is 54.2 Å². The molecule has 0 aliphatic heterocycles. The minimum atomic E-state index is -0.371. The molecule has 0 saturated carbocycles. The summed E-state index contributed by atoms with van der Waals surface area (Å²) in [6, 6.07) is 12.4. The topological polar surface area (TPSA) is 53.4 Å². The van der Waals surface area contributed by atoms with E-state index in [1.165, 1.54) is 5.39 Å². The van der Waals surface area contributed by atoms with E-state index in [4.69, 9.17) is 9.47 Å². The van der Waals surface area contributed by atoms with Crippen LogP contribution in [0.15, 0.2) is 60.9 Å². The molecule has 5 heteroatoms. The van der Waals surface area contributed by atoms with Crippen molar-refractivity contribution in [3.63, 3.8) is 0 Å². The Kier molecular flexibility index (Phi) is 6.84. The molecule has 0 atom stereocenters. The van der Waals surface area contributed by atoms with Crippen molar-refractivity contribution < 1.29 is 14.3 Å². The van der Waals surface area contributed by atoms with Gasteiger partial charge in [0.1, 0.15) is 5.75 Å². The first-order chi connectivity index (χ1) is 14.7. The number of ether oxygens (including phenoxy) is 2. The summed E-state index contributed by atoms with van der Waals surface area (Å²) in [4.78, 5) is 16.0. The maximum Gasteiger partial charge on any atom is 0.333 e. The van der Waals surface area contributed by atoms with Crippen molar-refractivity contribution in [2.75, 3.05) is 13.2 Å². The van der Waals surface area contributed by atoms with Gasteiger partial charge in [-0.05, 0) is 43.2 Å². The van der Waals surface area contributed by atoms with E-state index in [0.717, 1.165) is 29.1 Å². The molecule has 0 bridgehead atoms. The summed E-state index contributed by atoms with van der Waals surface area (Å²) < 4.78 is 13.8. The highest BCUT2D eigenvalue weighted by atomic mass is 16.5. The number of nitrogens with zero attached hydrogens (tertiary/aromatic N) is 2. The van der Waals surface area contributed by atoms with Crippen LogP contribution in [0.2, 0.25) is 0 Å². The number of esters is 1. The smallest absolute Gasteiger partial charge is 0.333 e. The van der Waals surface area contributed by atoms with Gasteiger partial charge in [0.25, 0.3) is 0 Å². The van der Waals surface area contributed by atoms with Gasteiger partial charge < -0.3 is 14.0 Å². The van der Waals surface area contributed by atoms with Gasteiger partial charge in [-0.15, -0.1) is 0 Å². The van der Waals surface area contributed by atoms with Gasteiger partial charge in [0.05, 0.1) is 24.4 Å². The lowest BCUT2D eigenvalue weighted by Crippen LogP contribution is -2.28. The Balaban J connectivity index is 1.83. The van der Waals surface area contributed by atoms with Gasteiger partial charge in [-0.1, -0.05) is 34.3 Å². The summed E-state index contributed by atoms with van der Waals surface area (Å²) in [5.41, 5.74) is 3.47. The average Bonchev–Trinajstić information content (AvgIpc) is 3.08. The Morgan fingerprint density at radius 3 is 2.61 bits per heavy atom. The van der Waals surface area contributed by atoms with Crippen molar-refractivity contribution >= 4 is 16.9 Å². The van der Waals surface area contributed by atoms with E-state index < -0.39 is 0 Å². The predicted molar refractivity (Wildman–Crippen MR) is 125 cm³/mol. The number of fused-ring (bicyclic) bond motifs is 1. The summed E-state index contributed by atoms with van der Waals surface area (Å²) in [7, 11) is 0. The number of benzene rings is 1. The molecule has 3 rings (SSSR count). The van der Waals surface area contributed by atoms with E-state index in [1.54, 1.807) is 13.1 Å². The number of pyridine rings is 1. The van der Waals surface area contributed by atoms with Crippen LogP contribution in [0.5, 0.6) is 5.75 Å². The second-order valence-corrected chi connectivity index (χ2v) is 9.31. The fourth-order valence-electron chi connectivity index (χ4n) is 3.34. The lowest BCUT2D eigenvalue weighted by molar-refractivity contribution is -0.142. The van der Waals surface area contributed by atoms with E-state index in [1.807, 2.05) is 32.2 Å². The number of rotatable bonds is 9. The molecule has 0 fully saturated rings. The number of carbonyl (C=O) groups excluding carboxylic acids is 1. The fraction of sp³-hybridized carbons (Fsp3) is 0.385. The third-order valence-electron chi connectivity index (χ3n) is 4.95. The average molecular weight is 421 g/mol. The lowest BCUT2D eigenvalue weighted by atomic mass is 9.96. The van der Waals surface area contributed by atoms with Gasteiger partial charge in [-0.3, -0.25) is 4.98 Å². The van der Waals surface area contributed by atoms with Gasteiger partial charge in [0, 0.05) is 46.9 Å². The van der Waals surface area contributed by atoms with Crippen LogP contribution < -0.4 is 4.74 Å². The monoisotopic (exact) mass is 420 g/mol. The van der Waals surface area contributed by atoms with Gasteiger partial charge in [0.2, 0.25) is 0 Å². The molecular formula is C26H32N2O3. The highest BCUT2D eigenvalue weighted by Gasteiger charge is 2.22. The molecule has 0 N–H and O–H groups in total. The number of carbonyl (C=O) groups is 1. The number of hydrogen-bond donors (Lipinski definition) is 0. The molecular weight excluding hydrogens is 388 g/mol. The highest BCUT2D eigenvalue weighted by Crippen LogP contribution is 2.32. The molecule has 0 amide bonds. The first-order valence-corrected chi connectivity index (χ1v) is 10.7. The van der Waals surface area contributed by atoms with Gasteiger partial charge in [0.15, 0.2) is 0 Å². The quantitative estimate of drug-likeness (QED) is 0.320. The summed E-state index contributed by atoms with van der Waals surface area (Å²) in [6.45, 7) is 15.3. The van der Waals surface area contributed by atoms with Gasteiger partial charge >= 0.3 is 5.97 Å². The molecule has 2 heterocycles. The molecule has 0 spiro atoms. The highest BCUT2D eigenvalue weighted by molar-refractivity contribution is 5.88. The van der Waals surface area contributed by atoms with E-state index in [0.29, 0.717) is 18.1 Å². The zero-order valence-corrected chi connectivity index (χ0v) is 19.1. The predicted octanol–water partition coefficient (Wildman–Crippen LogP) is 5.88. The van der Waals surface area contributed by atoms with Crippen molar-refractivity contribution in [1.82, 2.24) is 9.55 Å². The van der Waals surface area contributed by atoms with Crippen molar-refractivity contribution in [3.05, 3.63) is 60.9 Å². The zero-order valence-electron chi connectivity index (χ0n) is 19.1. The summed E-state index contributed by atoms with van der Waals surface area (Å²) in [6.07, 6.45) is 3.69. The van der Waals surface area contributed by atoms with Crippen molar-refractivity contribution in [2.24, 2.45) is 11.3 Å². The third-order valence-corrected chi connectivity index (χ3v) is 4.95. The van der Waals surface area contributed by atoms with E-state index in [9.17, 15) is 4.79 Å². The van der Waals surface area contributed by atoms with Crippen LogP contribution in [0, 0.1) is 11.3 Å². The maximum atomic E-state index is 11.7. The van der Waals surface area contributed by atoms with Crippen LogP contribution in [-0.4, -0.2) is 28.7 Å². The third kappa shape index (κ3) is 5.75. The second kappa shape index (κ2) is 9.38. The Hall–Kier alpha value is -3.08. The standard InChI is InChI=1S/C26H32N2O3/c1-18(2)15-28-23(21-8-7-11-27-14-21)12-20-9-10-22(13-24(20)28)30-16-26(5,6)17-31-25(29)19(3)4/h7-14,18H,3,15-17H2,1-2,4-6H3. The molecule has 5 nitrogen and oxygen atoms in total. The Morgan fingerprint density at radius 2 is 1.97 bits per heavy atom. The van der Waals surface area contributed by atoms with E-state index >= 15 is 0 Å². The van der Waals surface area contributed by atoms with Crippen LogP contribution in [0.4, 0.5) is 0 Å². The largest absolute Gasteiger partial charge is 0.493 e. The molecule has 31 heavy (non-hydrogen) atoms. The molecule has 0 unspecified atom stereocenters. The molecule has 0 radical (unpaired) electrons. The van der Waals surface area contributed by atoms with Crippen molar-refractivity contribution in [1.29, 1.82) is 0 Å². The first-order valence-electron chi connectivity index (χ1n) is 10.7. The van der Waals surface area contributed by atoms with Crippen LogP contribution in [0.3, 0.4) is 0 Å². The number of aromatic nitrogens is 2. The Bertz CT molecular complexity index is 1060. The molecule has 3 aromatic rings. The van der Waals surface area contributed by atoms with Crippen molar-refractivity contribution in [2.45, 2.75) is 41.2 Å². The molecule has 1 aromatic carbocycles. The maximum absolute atomic E-state index is 11.7. The molecule has 2 aromatic heterocycles. The van der Waals surface area contributed by atoms with Crippen LogP contribution in [-0.2, 0) is 16.1 Å². The van der Waals surface area contributed by atoms with Crippen molar-refractivity contribution in [3.8, 4) is 17.0 Å². The summed E-state index contributed by atoms with van der Waals surface area (Å²) in [5, 5.41) is 1.17. The lowest BCUT2D eigenvalue weighted by Gasteiger charge is -2.24. The Morgan fingerprint density at radius 1 is 1.19 bits per heavy atom.